The number of carbonyl (C=O) groups excluding carboxylic acids is 2. The summed E-state index contributed by atoms with van der Waals surface area (Å²) in [6.07, 6.45) is 3.21. The van der Waals surface area contributed by atoms with Crippen molar-refractivity contribution < 1.29 is 26.6 Å². The van der Waals surface area contributed by atoms with Crippen molar-refractivity contribution in [3.8, 4) is 0 Å². The summed E-state index contributed by atoms with van der Waals surface area (Å²) >= 11 is 0. The predicted molar refractivity (Wildman–Crippen MR) is 104 cm³/mol. The highest BCUT2D eigenvalue weighted by molar-refractivity contribution is 7.86. The Labute approximate surface area is 169 Å². The van der Waals surface area contributed by atoms with E-state index in [0.717, 1.165) is 36.1 Å². The molecule has 7 heteroatoms. The monoisotopic (exact) mass is 418 g/mol. The SMILES string of the molecule is CC1=C2C(=CC(C)(C)[C@@H]2OC(=O)c2ccc(S(=O)(=O)F)cc2)C(=O)[C@@H](C)C12CC2. The molecular weight excluding hydrogens is 395 g/mol. The van der Waals surface area contributed by atoms with Crippen LogP contribution in [0.25, 0.3) is 0 Å². The number of rotatable bonds is 3. The summed E-state index contributed by atoms with van der Waals surface area (Å²) in [5.74, 6) is -0.609. The molecule has 2 atom stereocenters. The summed E-state index contributed by atoms with van der Waals surface area (Å²) in [5.41, 5.74) is 2.03. The van der Waals surface area contributed by atoms with Crippen LogP contribution in [0.4, 0.5) is 3.89 Å². The molecule has 1 saturated carbocycles. The van der Waals surface area contributed by atoms with Crippen LogP contribution in [0, 0.1) is 16.7 Å². The van der Waals surface area contributed by atoms with Gasteiger partial charge in [-0.25, -0.2) is 4.79 Å². The average molecular weight is 418 g/mol. The van der Waals surface area contributed by atoms with E-state index in [9.17, 15) is 21.9 Å². The second kappa shape index (κ2) is 6.11. The number of hydrogen-bond acceptors (Lipinski definition) is 5. The largest absolute Gasteiger partial charge is 0.453 e. The molecule has 5 nitrogen and oxygen atoms in total. The summed E-state index contributed by atoms with van der Waals surface area (Å²) in [5, 5.41) is 0. The molecule has 0 unspecified atom stereocenters. The van der Waals surface area contributed by atoms with Gasteiger partial charge in [-0.05, 0) is 44.0 Å². The standard InChI is InChI=1S/C22H23FO5S/c1-12-17-16(18(24)13(2)22(12)9-10-22)11-21(3,4)19(17)28-20(25)14-5-7-15(8-6-14)29(23,26)27/h5-8,11,13,19H,9-10H2,1-4H3/t13-,19-/m1/s1. The lowest BCUT2D eigenvalue weighted by atomic mass is 9.70. The van der Waals surface area contributed by atoms with E-state index < -0.39 is 32.6 Å². The number of ketones is 1. The van der Waals surface area contributed by atoms with Crippen molar-refractivity contribution in [2.45, 2.75) is 51.5 Å². The molecule has 29 heavy (non-hydrogen) atoms. The highest BCUT2D eigenvalue weighted by Crippen LogP contribution is 2.64. The molecule has 1 spiro atoms. The number of benzene rings is 1. The van der Waals surface area contributed by atoms with Gasteiger partial charge in [0.05, 0.1) is 10.5 Å². The Morgan fingerprint density at radius 2 is 1.76 bits per heavy atom. The summed E-state index contributed by atoms with van der Waals surface area (Å²) in [7, 11) is -4.83. The van der Waals surface area contributed by atoms with Gasteiger partial charge in [0.25, 0.3) is 0 Å². The molecule has 3 aliphatic rings. The van der Waals surface area contributed by atoms with Gasteiger partial charge < -0.3 is 4.74 Å². The van der Waals surface area contributed by atoms with E-state index in [1.165, 1.54) is 12.1 Å². The number of fused-ring (bicyclic) bond motifs is 1. The first-order valence-electron chi connectivity index (χ1n) is 9.63. The fraction of sp³-hybridized carbons (Fsp3) is 0.455. The predicted octanol–water partition coefficient (Wildman–Crippen LogP) is 4.15. The van der Waals surface area contributed by atoms with Gasteiger partial charge >= 0.3 is 16.2 Å². The van der Waals surface area contributed by atoms with Gasteiger partial charge in [-0.2, -0.15) is 8.42 Å². The van der Waals surface area contributed by atoms with Crippen LogP contribution in [0.1, 0.15) is 50.9 Å². The number of halogens is 1. The first kappa shape index (κ1) is 20.0. The Hall–Kier alpha value is -2.28. The van der Waals surface area contributed by atoms with Crippen molar-refractivity contribution in [1.29, 1.82) is 0 Å². The molecule has 0 heterocycles. The van der Waals surface area contributed by atoms with Gasteiger partial charge in [0.15, 0.2) is 5.78 Å². The second-order valence-corrected chi connectivity index (χ2v) is 10.3. The van der Waals surface area contributed by atoms with E-state index in [1.54, 1.807) is 0 Å². The minimum Gasteiger partial charge on any atom is -0.453 e. The van der Waals surface area contributed by atoms with Crippen LogP contribution in [0.3, 0.4) is 0 Å². The molecule has 0 bridgehead atoms. The molecule has 0 saturated heterocycles. The lowest BCUT2D eigenvalue weighted by molar-refractivity contribution is -0.120. The second-order valence-electron chi connectivity index (χ2n) is 8.91. The van der Waals surface area contributed by atoms with Gasteiger partial charge in [0, 0.05) is 27.9 Å². The Morgan fingerprint density at radius 1 is 1.17 bits per heavy atom. The van der Waals surface area contributed by atoms with E-state index in [4.69, 9.17) is 4.74 Å². The maximum Gasteiger partial charge on any atom is 0.338 e. The molecule has 1 fully saturated rings. The van der Waals surface area contributed by atoms with Gasteiger partial charge in [0.2, 0.25) is 0 Å². The van der Waals surface area contributed by atoms with Gasteiger partial charge in [-0.15, -0.1) is 3.89 Å². The number of allylic oxidation sites excluding steroid dienone is 1. The normalized spacial score (nSPS) is 26.9. The van der Waals surface area contributed by atoms with Crippen LogP contribution in [0.2, 0.25) is 0 Å². The van der Waals surface area contributed by atoms with Crippen LogP contribution in [0.5, 0.6) is 0 Å². The third-order valence-corrected chi connectivity index (χ3v) is 7.60. The molecule has 0 N–H and O–H groups in total. The molecule has 0 amide bonds. The zero-order valence-electron chi connectivity index (χ0n) is 16.8. The summed E-state index contributed by atoms with van der Waals surface area (Å²) in [6, 6.07) is 4.52. The van der Waals surface area contributed by atoms with Crippen molar-refractivity contribution in [3.05, 3.63) is 52.6 Å². The van der Waals surface area contributed by atoms with Crippen LogP contribution in [-0.2, 0) is 19.8 Å². The zero-order valence-corrected chi connectivity index (χ0v) is 17.6. The zero-order chi connectivity index (χ0) is 21.4. The summed E-state index contributed by atoms with van der Waals surface area (Å²) in [4.78, 5) is 25.2. The Balaban J connectivity index is 1.67. The molecule has 0 aromatic heterocycles. The maximum absolute atomic E-state index is 13.1. The lowest BCUT2D eigenvalue weighted by Crippen LogP contribution is -2.36. The number of hydrogen-bond donors (Lipinski definition) is 0. The number of esters is 1. The first-order chi connectivity index (χ1) is 13.4. The van der Waals surface area contributed by atoms with E-state index in [1.807, 2.05) is 33.8 Å². The van der Waals surface area contributed by atoms with Crippen molar-refractivity contribution >= 4 is 22.0 Å². The fourth-order valence-corrected chi connectivity index (χ4v) is 5.26. The molecule has 4 rings (SSSR count). The van der Waals surface area contributed by atoms with Crippen LogP contribution < -0.4 is 0 Å². The Morgan fingerprint density at radius 3 is 2.28 bits per heavy atom. The minimum atomic E-state index is -4.83. The van der Waals surface area contributed by atoms with Crippen molar-refractivity contribution in [1.82, 2.24) is 0 Å². The average Bonchev–Trinajstić information content (AvgIpc) is 3.40. The highest BCUT2D eigenvalue weighted by Gasteiger charge is 2.59. The quantitative estimate of drug-likeness (QED) is 0.544. The van der Waals surface area contributed by atoms with E-state index in [0.29, 0.717) is 5.57 Å². The Kier molecular flexibility index (Phi) is 4.22. The maximum atomic E-state index is 13.1. The Bertz CT molecular complexity index is 1090. The van der Waals surface area contributed by atoms with Gasteiger partial charge in [-0.3, -0.25) is 4.79 Å². The highest BCUT2D eigenvalue weighted by atomic mass is 32.3. The molecule has 0 aliphatic heterocycles. The van der Waals surface area contributed by atoms with E-state index >= 15 is 0 Å². The molecule has 154 valence electrons. The fourth-order valence-electron chi connectivity index (χ4n) is 4.80. The smallest absolute Gasteiger partial charge is 0.338 e. The van der Waals surface area contributed by atoms with E-state index in [-0.39, 0.29) is 22.7 Å². The molecule has 1 aromatic carbocycles. The third-order valence-electron chi connectivity index (χ3n) is 6.77. The number of ether oxygens (including phenoxy) is 1. The third kappa shape index (κ3) is 2.98. The molecular formula is C22H23FO5S. The topological polar surface area (TPSA) is 77.5 Å². The summed E-state index contributed by atoms with van der Waals surface area (Å²) < 4.78 is 40.8. The number of carbonyl (C=O) groups is 2. The lowest BCUT2D eigenvalue weighted by Gasteiger charge is -2.35. The van der Waals surface area contributed by atoms with Crippen molar-refractivity contribution in [3.63, 3.8) is 0 Å². The molecule has 0 radical (unpaired) electrons. The van der Waals surface area contributed by atoms with Crippen LogP contribution >= 0.6 is 0 Å². The van der Waals surface area contributed by atoms with Crippen LogP contribution in [-0.4, -0.2) is 26.3 Å². The van der Waals surface area contributed by atoms with Crippen LogP contribution in [0.15, 0.2) is 52.0 Å². The van der Waals surface area contributed by atoms with Crippen molar-refractivity contribution in [2.24, 2.45) is 16.7 Å². The first-order valence-corrected chi connectivity index (χ1v) is 11.0. The van der Waals surface area contributed by atoms with Gasteiger partial charge in [-0.1, -0.05) is 32.4 Å². The summed E-state index contributed by atoms with van der Waals surface area (Å²) in [6.45, 7) is 7.85. The van der Waals surface area contributed by atoms with Crippen molar-refractivity contribution in [2.75, 3.05) is 0 Å². The minimum absolute atomic E-state index is 0.0713. The van der Waals surface area contributed by atoms with E-state index in [2.05, 4.69) is 0 Å². The molecule has 3 aliphatic carbocycles. The number of Topliss-reactive ketones (excluding diaryl/α,β-unsaturated/α-hetero) is 1. The van der Waals surface area contributed by atoms with Gasteiger partial charge in [0.1, 0.15) is 6.10 Å². The molecule has 1 aromatic rings.